The van der Waals surface area contributed by atoms with Crippen LogP contribution in [0.25, 0.3) is 0 Å². The number of halogens is 1. The lowest BCUT2D eigenvalue weighted by Crippen LogP contribution is -2.18. The molecule has 66 valence electrons. The number of hydrogen-bond acceptors (Lipinski definition) is 4. The first-order valence-corrected chi connectivity index (χ1v) is 4.75. The van der Waals surface area contributed by atoms with Crippen molar-refractivity contribution in [3.63, 3.8) is 0 Å². The van der Waals surface area contributed by atoms with Gasteiger partial charge in [-0.2, -0.15) is 0 Å². The van der Waals surface area contributed by atoms with Gasteiger partial charge in [-0.15, -0.1) is 0 Å². The molecule has 0 unspecified atom stereocenters. The maximum Gasteiger partial charge on any atom is 0.155 e. The third kappa shape index (κ3) is 1.96. The van der Waals surface area contributed by atoms with Crippen LogP contribution in [-0.2, 0) is 0 Å². The van der Waals surface area contributed by atoms with Crippen molar-refractivity contribution < 1.29 is 0 Å². The minimum absolute atomic E-state index is 0.932. The van der Waals surface area contributed by atoms with Crippen LogP contribution < -0.4 is 8.43 Å². The predicted octanol–water partition coefficient (Wildman–Crippen LogP) is 1.69. The van der Waals surface area contributed by atoms with Gasteiger partial charge in [-0.05, 0) is 6.92 Å². The van der Waals surface area contributed by atoms with Gasteiger partial charge < -0.3 is 8.43 Å². The normalized spacial score (nSPS) is 9.58. The Kier molecular flexibility index (Phi) is 3.51. The van der Waals surface area contributed by atoms with E-state index < -0.39 is 0 Å². The Morgan fingerprint density at radius 1 is 1.67 bits per heavy atom. The number of anilines is 2. The molecule has 0 fully saturated rings. The molecule has 1 heterocycles. The summed E-state index contributed by atoms with van der Waals surface area (Å²) in [7, 11) is 2.00. The third-order valence-electron chi connectivity index (χ3n) is 1.63. The molecule has 0 bridgehead atoms. The van der Waals surface area contributed by atoms with Crippen molar-refractivity contribution in [1.82, 2.24) is 9.97 Å². The summed E-state index contributed by atoms with van der Waals surface area (Å²) in [6, 6.07) is 0. The SMILES string of the molecule is CCN(C)c1ncncc1NI. The van der Waals surface area contributed by atoms with E-state index in [9.17, 15) is 0 Å². The van der Waals surface area contributed by atoms with Crippen LogP contribution in [0.3, 0.4) is 0 Å². The molecule has 4 nitrogen and oxygen atoms in total. The largest absolute Gasteiger partial charge is 0.358 e. The Hall–Kier alpha value is -0.590. The van der Waals surface area contributed by atoms with Crippen LogP contribution in [0, 0.1) is 0 Å². The fraction of sp³-hybridized carbons (Fsp3) is 0.429. The van der Waals surface area contributed by atoms with E-state index in [4.69, 9.17) is 0 Å². The molecule has 5 heteroatoms. The van der Waals surface area contributed by atoms with Crippen molar-refractivity contribution in [2.45, 2.75) is 6.92 Å². The Labute approximate surface area is 85.9 Å². The predicted molar refractivity (Wildman–Crippen MR) is 58.6 cm³/mol. The van der Waals surface area contributed by atoms with E-state index in [1.165, 1.54) is 0 Å². The molecule has 1 N–H and O–H groups in total. The van der Waals surface area contributed by atoms with Gasteiger partial charge in [0, 0.05) is 13.6 Å². The molecule has 1 rings (SSSR count). The number of nitrogens with zero attached hydrogens (tertiary/aromatic N) is 3. The summed E-state index contributed by atoms with van der Waals surface area (Å²) in [4.78, 5) is 10.2. The Morgan fingerprint density at radius 2 is 2.42 bits per heavy atom. The topological polar surface area (TPSA) is 41.1 Å². The van der Waals surface area contributed by atoms with Gasteiger partial charge in [0.15, 0.2) is 5.82 Å². The highest BCUT2D eigenvalue weighted by Crippen LogP contribution is 2.20. The molecule has 0 spiro atoms. The van der Waals surface area contributed by atoms with Crippen molar-refractivity contribution in [2.75, 3.05) is 22.0 Å². The van der Waals surface area contributed by atoms with Gasteiger partial charge in [0.2, 0.25) is 0 Å². The molecule has 12 heavy (non-hydrogen) atoms. The van der Waals surface area contributed by atoms with Crippen LogP contribution in [0.15, 0.2) is 12.5 Å². The van der Waals surface area contributed by atoms with Crippen molar-refractivity contribution in [2.24, 2.45) is 0 Å². The Morgan fingerprint density at radius 3 is 3.00 bits per heavy atom. The average molecular weight is 278 g/mol. The van der Waals surface area contributed by atoms with Crippen LogP contribution in [0.1, 0.15) is 6.92 Å². The fourth-order valence-electron chi connectivity index (χ4n) is 0.844. The van der Waals surface area contributed by atoms with Crippen molar-refractivity contribution in [3.8, 4) is 0 Å². The van der Waals surface area contributed by atoms with E-state index in [1.54, 1.807) is 12.5 Å². The summed E-state index contributed by atoms with van der Waals surface area (Å²) in [5, 5.41) is 0. The second-order valence-corrected chi connectivity index (χ2v) is 2.91. The van der Waals surface area contributed by atoms with Gasteiger partial charge >= 0.3 is 0 Å². The summed E-state index contributed by atoms with van der Waals surface area (Å²) in [5.74, 6) is 0.932. The van der Waals surface area contributed by atoms with E-state index >= 15 is 0 Å². The standard InChI is InChI=1S/C7H11IN4/c1-3-12(2)7-6(11-8)4-9-5-10-7/h4-5,11H,3H2,1-2H3. The number of aromatic nitrogens is 2. The Balaban J connectivity index is 2.96. The molecule has 1 aromatic rings. The molecule has 1 aromatic heterocycles. The molecule has 0 saturated carbocycles. The smallest absolute Gasteiger partial charge is 0.155 e. The highest BCUT2D eigenvalue weighted by atomic mass is 127. The van der Waals surface area contributed by atoms with E-state index in [0.29, 0.717) is 0 Å². The van der Waals surface area contributed by atoms with Gasteiger partial charge in [-0.3, -0.25) is 0 Å². The second-order valence-electron chi connectivity index (χ2n) is 2.37. The quantitative estimate of drug-likeness (QED) is 0.675. The fourth-order valence-corrected chi connectivity index (χ4v) is 1.22. The van der Waals surface area contributed by atoms with Crippen LogP contribution in [0.2, 0.25) is 0 Å². The van der Waals surface area contributed by atoms with Crippen LogP contribution in [0.4, 0.5) is 11.5 Å². The molecule has 0 aliphatic rings. The molecule has 0 aromatic carbocycles. The monoisotopic (exact) mass is 278 g/mol. The molecular weight excluding hydrogens is 267 g/mol. The minimum atomic E-state index is 0.932. The summed E-state index contributed by atoms with van der Waals surface area (Å²) in [5.41, 5.74) is 0.947. The van der Waals surface area contributed by atoms with Crippen LogP contribution in [-0.4, -0.2) is 23.6 Å². The van der Waals surface area contributed by atoms with E-state index in [1.807, 2.05) is 7.05 Å². The molecule has 0 aliphatic carbocycles. The molecule has 0 aliphatic heterocycles. The summed E-state index contributed by atoms with van der Waals surface area (Å²) in [6.45, 7) is 3.02. The zero-order valence-corrected chi connectivity index (χ0v) is 9.24. The van der Waals surface area contributed by atoms with E-state index in [-0.39, 0.29) is 0 Å². The van der Waals surface area contributed by atoms with Gasteiger partial charge in [-0.1, -0.05) is 0 Å². The molecule has 0 radical (unpaired) electrons. The molecule has 0 atom stereocenters. The van der Waals surface area contributed by atoms with Crippen LogP contribution >= 0.6 is 22.9 Å². The van der Waals surface area contributed by atoms with Gasteiger partial charge in [-0.25, -0.2) is 9.97 Å². The zero-order valence-electron chi connectivity index (χ0n) is 7.08. The first kappa shape index (κ1) is 9.50. The zero-order chi connectivity index (χ0) is 8.97. The van der Waals surface area contributed by atoms with Gasteiger partial charge in [0.25, 0.3) is 0 Å². The summed E-state index contributed by atoms with van der Waals surface area (Å²) >= 11 is 2.07. The average Bonchev–Trinajstić information content (AvgIpc) is 2.16. The highest BCUT2D eigenvalue weighted by Gasteiger charge is 2.05. The number of nitrogens with one attached hydrogen (secondary N) is 1. The maximum absolute atomic E-state index is 4.17. The summed E-state index contributed by atoms with van der Waals surface area (Å²) in [6.07, 6.45) is 3.32. The third-order valence-corrected chi connectivity index (χ3v) is 2.21. The lowest BCUT2D eigenvalue weighted by molar-refractivity contribution is 0.932. The summed E-state index contributed by atoms with van der Waals surface area (Å²) < 4.78 is 3.01. The number of hydrogen-bond donors (Lipinski definition) is 1. The van der Waals surface area contributed by atoms with Gasteiger partial charge in [0.1, 0.15) is 12.0 Å². The number of rotatable bonds is 3. The molecular formula is C7H11IN4. The first-order chi connectivity index (χ1) is 5.79. The van der Waals surface area contributed by atoms with E-state index in [2.05, 4.69) is 48.2 Å². The highest BCUT2D eigenvalue weighted by molar-refractivity contribution is 14.1. The minimum Gasteiger partial charge on any atom is -0.358 e. The lowest BCUT2D eigenvalue weighted by Gasteiger charge is -2.17. The molecule has 0 amide bonds. The van der Waals surface area contributed by atoms with Crippen molar-refractivity contribution >= 4 is 34.4 Å². The molecule has 0 saturated heterocycles. The van der Waals surface area contributed by atoms with E-state index in [0.717, 1.165) is 18.1 Å². The first-order valence-electron chi connectivity index (χ1n) is 3.67. The van der Waals surface area contributed by atoms with Gasteiger partial charge in [0.05, 0.1) is 29.1 Å². The van der Waals surface area contributed by atoms with Crippen LogP contribution in [0.5, 0.6) is 0 Å². The lowest BCUT2D eigenvalue weighted by atomic mass is 10.4. The Bertz CT molecular complexity index is 253. The van der Waals surface area contributed by atoms with Crippen molar-refractivity contribution in [3.05, 3.63) is 12.5 Å². The maximum atomic E-state index is 4.17. The second kappa shape index (κ2) is 4.44. The van der Waals surface area contributed by atoms with Crippen molar-refractivity contribution in [1.29, 1.82) is 0 Å².